The van der Waals surface area contributed by atoms with Gasteiger partial charge in [0.05, 0.1) is 10.9 Å². The summed E-state index contributed by atoms with van der Waals surface area (Å²) >= 11 is 0. The Kier molecular flexibility index (Phi) is 7.01. The second-order valence-corrected chi connectivity index (χ2v) is 11.3. The van der Waals surface area contributed by atoms with Crippen LogP contribution in [0.25, 0.3) is 11.4 Å². The number of aromatic nitrogens is 4. The highest BCUT2D eigenvalue weighted by atomic mass is 32.2. The van der Waals surface area contributed by atoms with Gasteiger partial charge in [0.2, 0.25) is 15.8 Å². The molecule has 0 spiro atoms. The number of benzene rings is 2. The standard InChI is InChI=1S/C25H33N7O2S/c1-26-35(33,34)22-14-15-24(27-19-9-4-2-5-10-19)23(17-22)25-28-30-32(29-25)21-13-8-16-31(18-21)20-11-6-3-7-12-20/h3,6-7,11-12,14-15,17,19,21,26-27H,2,4-5,8-10,13,16,18H2,1H3. The quantitative estimate of drug-likeness (QED) is 0.513. The second kappa shape index (κ2) is 10.3. The van der Waals surface area contributed by atoms with Gasteiger partial charge >= 0.3 is 0 Å². The average molecular weight is 496 g/mol. The third-order valence-electron chi connectivity index (χ3n) is 7.05. The molecule has 1 aliphatic heterocycles. The molecule has 186 valence electrons. The zero-order valence-corrected chi connectivity index (χ0v) is 20.9. The topological polar surface area (TPSA) is 105 Å². The molecule has 1 saturated carbocycles. The van der Waals surface area contributed by atoms with E-state index in [4.69, 9.17) is 5.10 Å². The largest absolute Gasteiger partial charge is 0.382 e. The molecule has 0 radical (unpaired) electrons. The Bertz CT molecular complexity index is 1240. The molecule has 35 heavy (non-hydrogen) atoms. The molecule has 3 aromatic rings. The van der Waals surface area contributed by atoms with Gasteiger partial charge in [0.1, 0.15) is 0 Å². The molecule has 0 amide bonds. The summed E-state index contributed by atoms with van der Waals surface area (Å²) in [6.45, 7) is 1.81. The lowest BCUT2D eigenvalue weighted by atomic mass is 9.95. The molecule has 1 aliphatic carbocycles. The van der Waals surface area contributed by atoms with Crippen LogP contribution in [0.4, 0.5) is 11.4 Å². The van der Waals surface area contributed by atoms with Crippen LogP contribution in [0.3, 0.4) is 0 Å². The van der Waals surface area contributed by atoms with Crippen molar-refractivity contribution in [2.45, 2.75) is 61.9 Å². The molecule has 10 heteroatoms. The van der Waals surface area contributed by atoms with Gasteiger partial charge in [-0.25, -0.2) is 13.1 Å². The number of hydrogen-bond acceptors (Lipinski definition) is 7. The highest BCUT2D eigenvalue weighted by Crippen LogP contribution is 2.32. The molecule has 1 aromatic heterocycles. The van der Waals surface area contributed by atoms with E-state index in [0.29, 0.717) is 17.4 Å². The Balaban J connectivity index is 1.43. The van der Waals surface area contributed by atoms with Gasteiger partial charge in [-0.1, -0.05) is 37.5 Å². The van der Waals surface area contributed by atoms with Gasteiger partial charge in [-0.3, -0.25) is 0 Å². The summed E-state index contributed by atoms with van der Waals surface area (Å²) in [5, 5.41) is 17.1. The van der Waals surface area contributed by atoms with Crippen LogP contribution in [0.5, 0.6) is 0 Å². The first-order valence-electron chi connectivity index (χ1n) is 12.5. The number of nitrogens with zero attached hydrogens (tertiary/aromatic N) is 5. The van der Waals surface area contributed by atoms with Gasteiger partial charge in [-0.05, 0) is 68.3 Å². The van der Waals surface area contributed by atoms with Crippen LogP contribution >= 0.6 is 0 Å². The first kappa shape index (κ1) is 23.7. The van der Waals surface area contributed by atoms with Crippen molar-refractivity contribution in [1.82, 2.24) is 24.9 Å². The number of hydrogen-bond donors (Lipinski definition) is 2. The molecular weight excluding hydrogens is 462 g/mol. The highest BCUT2D eigenvalue weighted by Gasteiger charge is 2.25. The monoisotopic (exact) mass is 495 g/mol. The minimum Gasteiger partial charge on any atom is -0.382 e. The lowest BCUT2D eigenvalue weighted by Crippen LogP contribution is -2.37. The van der Waals surface area contributed by atoms with E-state index in [1.165, 1.54) is 32.0 Å². The number of piperidine rings is 1. The lowest BCUT2D eigenvalue weighted by molar-refractivity contribution is 0.337. The van der Waals surface area contributed by atoms with Crippen LogP contribution in [-0.2, 0) is 10.0 Å². The van der Waals surface area contributed by atoms with Crippen LogP contribution in [0.15, 0.2) is 53.4 Å². The molecule has 2 aromatic carbocycles. The van der Waals surface area contributed by atoms with Crippen LogP contribution in [0.1, 0.15) is 51.0 Å². The number of tetrazole rings is 1. The van der Waals surface area contributed by atoms with Crippen molar-refractivity contribution in [3.05, 3.63) is 48.5 Å². The van der Waals surface area contributed by atoms with Crippen molar-refractivity contribution in [3.8, 4) is 11.4 Å². The van der Waals surface area contributed by atoms with Gasteiger partial charge in [-0.15, -0.1) is 10.2 Å². The molecule has 2 heterocycles. The Morgan fingerprint density at radius 1 is 0.971 bits per heavy atom. The first-order valence-corrected chi connectivity index (χ1v) is 14.0. The number of sulfonamides is 1. The molecule has 1 unspecified atom stereocenters. The number of rotatable bonds is 7. The smallest absolute Gasteiger partial charge is 0.240 e. The number of anilines is 2. The van der Waals surface area contributed by atoms with Crippen LogP contribution in [0.2, 0.25) is 0 Å². The maximum Gasteiger partial charge on any atom is 0.240 e. The molecular formula is C25H33N7O2S. The normalized spacial score (nSPS) is 19.6. The van der Waals surface area contributed by atoms with E-state index >= 15 is 0 Å². The average Bonchev–Trinajstić information content (AvgIpc) is 3.40. The second-order valence-electron chi connectivity index (χ2n) is 9.41. The van der Waals surface area contributed by atoms with Crippen molar-refractivity contribution >= 4 is 21.4 Å². The first-order chi connectivity index (χ1) is 17.0. The summed E-state index contributed by atoms with van der Waals surface area (Å²) in [7, 11) is -2.18. The van der Waals surface area contributed by atoms with Crippen molar-refractivity contribution in [3.63, 3.8) is 0 Å². The third kappa shape index (κ3) is 5.33. The Morgan fingerprint density at radius 3 is 2.54 bits per heavy atom. The minimum absolute atomic E-state index is 0.101. The maximum absolute atomic E-state index is 12.5. The summed E-state index contributed by atoms with van der Waals surface area (Å²) in [6, 6.07) is 15.9. The van der Waals surface area contributed by atoms with E-state index < -0.39 is 10.0 Å². The minimum atomic E-state index is -3.60. The lowest BCUT2D eigenvalue weighted by Gasteiger charge is -2.33. The number of para-hydroxylation sites is 1. The van der Waals surface area contributed by atoms with Gasteiger partial charge in [0.25, 0.3) is 0 Å². The molecule has 2 aliphatic rings. The van der Waals surface area contributed by atoms with Gasteiger partial charge < -0.3 is 10.2 Å². The summed E-state index contributed by atoms with van der Waals surface area (Å²) in [6.07, 6.45) is 7.89. The maximum atomic E-state index is 12.5. The van der Waals surface area contributed by atoms with Gasteiger partial charge in [0, 0.05) is 36.1 Å². The van der Waals surface area contributed by atoms with E-state index in [-0.39, 0.29) is 10.9 Å². The zero-order valence-electron chi connectivity index (χ0n) is 20.1. The Hall–Kier alpha value is -2.98. The fourth-order valence-electron chi connectivity index (χ4n) is 5.09. The summed E-state index contributed by atoms with van der Waals surface area (Å²) < 4.78 is 27.4. The Morgan fingerprint density at radius 2 is 1.77 bits per heavy atom. The van der Waals surface area contributed by atoms with Crippen LogP contribution in [0, 0.1) is 0 Å². The molecule has 2 fully saturated rings. The molecule has 9 nitrogen and oxygen atoms in total. The zero-order chi connectivity index (χ0) is 24.3. The van der Waals surface area contributed by atoms with E-state index in [1.54, 1.807) is 16.9 Å². The van der Waals surface area contributed by atoms with Gasteiger partial charge in [-0.2, -0.15) is 4.80 Å². The van der Waals surface area contributed by atoms with Crippen LogP contribution < -0.4 is 14.9 Å². The fourth-order valence-corrected chi connectivity index (χ4v) is 5.85. The predicted molar refractivity (Wildman–Crippen MR) is 137 cm³/mol. The fraction of sp³-hybridized carbons (Fsp3) is 0.480. The van der Waals surface area contributed by atoms with Crippen LogP contribution in [-0.4, -0.2) is 54.8 Å². The predicted octanol–water partition coefficient (Wildman–Crippen LogP) is 3.83. The molecule has 2 N–H and O–H groups in total. The van der Waals surface area contributed by atoms with Crippen molar-refractivity contribution in [2.75, 3.05) is 30.4 Å². The molecule has 1 atom stereocenters. The summed E-state index contributed by atoms with van der Waals surface area (Å²) in [5.41, 5.74) is 2.71. The Labute approximate surface area is 207 Å². The van der Waals surface area contributed by atoms with E-state index in [2.05, 4.69) is 49.5 Å². The van der Waals surface area contributed by atoms with Crippen molar-refractivity contribution in [2.24, 2.45) is 0 Å². The molecule has 5 rings (SSSR count). The van der Waals surface area contributed by atoms with E-state index in [9.17, 15) is 8.42 Å². The third-order valence-corrected chi connectivity index (χ3v) is 8.46. The van der Waals surface area contributed by atoms with Gasteiger partial charge in [0.15, 0.2) is 0 Å². The summed E-state index contributed by atoms with van der Waals surface area (Å²) in [5.74, 6) is 0.438. The highest BCUT2D eigenvalue weighted by molar-refractivity contribution is 7.89. The van der Waals surface area contributed by atoms with Crippen molar-refractivity contribution in [1.29, 1.82) is 0 Å². The molecule has 0 bridgehead atoms. The summed E-state index contributed by atoms with van der Waals surface area (Å²) in [4.78, 5) is 4.25. The molecule has 1 saturated heterocycles. The van der Waals surface area contributed by atoms with Crippen molar-refractivity contribution < 1.29 is 8.42 Å². The SMILES string of the molecule is CNS(=O)(=O)c1ccc(NC2CCCCC2)c(-c2nnn(C3CCCN(c4ccccc4)C3)n2)c1. The van der Waals surface area contributed by atoms with E-state index in [0.717, 1.165) is 44.5 Å². The number of nitrogens with one attached hydrogen (secondary N) is 2. The van der Waals surface area contributed by atoms with E-state index in [1.807, 2.05) is 12.1 Å².